The molecule has 2 aliphatic rings. The number of Topliss-reactive ketones (excluding diaryl/α,β-unsaturated/α-hetero) is 1. The van der Waals surface area contributed by atoms with Crippen LogP contribution in [-0.4, -0.2) is 108 Å². The van der Waals surface area contributed by atoms with Gasteiger partial charge in [-0.25, -0.2) is 14.8 Å². The van der Waals surface area contributed by atoms with Crippen molar-refractivity contribution in [3.63, 3.8) is 0 Å². The summed E-state index contributed by atoms with van der Waals surface area (Å²) in [5.74, 6) is -6.64. The Morgan fingerprint density at radius 2 is 1.69 bits per heavy atom. The first-order valence-electron chi connectivity index (χ1n) is 20.7. The summed E-state index contributed by atoms with van der Waals surface area (Å²) in [6, 6.07) is 12.5. The minimum Gasteiger partial charge on any atom is -0.481 e. The number of benzene rings is 2. The zero-order valence-corrected chi connectivity index (χ0v) is 36.0. The largest absolute Gasteiger partial charge is 0.481 e. The van der Waals surface area contributed by atoms with Crippen LogP contribution >= 0.6 is 7.60 Å². The summed E-state index contributed by atoms with van der Waals surface area (Å²) in [5, 5.41) is 26.3. The molecule has 21 heteroatoms. The molecule has 2 aromatic carbocycles. The van der Waals surface area contributed by atoms with Gasteiger partial charge < -0.3 is 29.9 Å². The van der Waals surface area contributed by atoms with E-state index in [2.05, 4.69) is 35.9 Å². The molecular formula is C43H49N8O12P. The summed E-state index contributed by atoms with van der Waals surface area (Å²) in [4.78, 5) is 108. The van der Waals surface area contributed by atoms with Crippen molar-refractivity contribution in [3.05, 3.63) is 100 Å². The van der Waals surface area contributed by atoms with E-state index in [-0.39, 0.29) is 66.8 Å². The maximum Gasteiger partial charge on any atom is 0.327 e. The van der Waals surface area contributed by atoms with Crippen molar-refractivity contribution in [2.45, 2.75) is 76.7 Å². The lowest BCUT2D eigenvalue weighted by Gasteiger charge is -2.31. The predicted octanol–water partition coefficient (Wildman–Crippen LogP) is 3.94. The molecule has 4 heterocycles. The Balaban J connectivity index is 1.12. The van der Waals surface area contributed by atoms with E-state index < -0.39 is 73.3 Å². The van der Waals surface area contributed by atoms with Gasteiger partial charge in [0, 0.05) is 43.3 Å². The van der Waals surface area contributed by atoms with Gasteiger partial charge >= 0.3 is 19.5 Å². The number of hydrogen-bond donors (Lipinski definition) is 6. The smallest absolute Gasteiger partial charge is 0.327 e. The summed E-state index contributed by atoms with van der Waals surface area (Å²) in [6.07, 6.45) is 5.37. The standard InChI is InChI=1S/C43H49N8O12P/c1-3-62-64(2,61)63-21-9-5-8-12-31(52)35-34(30-18-19-32(53)37(35)51(30)24-25-10-6-4-7-11-25)40(57)49-43-48-38-36(41(58)50-43)46-28(23-45-38)22-44-27-15-13-26(14-16-27)39(56)47-29(42(59)60)17-20-33(54)55/h4,6-7,10-11,13-16,18-19,23,29-30,34-35,37,44H,3,5,8-9,12,17,20-22,24H2,1-2H3,(H,47,56)(H,54,55)(H,59,60)(H2,45,48,49,50,57,58)/t29-,30-,34?,35?,37+,64?/m1/s1. The molecule has 20 nitrogen and oxygen atoms in total. The van der Waals surface area contributed by atoms with Crippen LogP contribution in [-0.2, 0) is 50.7 Å². The lowest BCUT2D eigenvalue weighted by atomic mass is 9.82. The number of aromatic nitrogens is 4. The van der Waals surface area contributed by atoms with Crippen LogP contribution < -0.4 is 21.5 Å². The number of ketones is 2. The van der Waals surface area contributed by atoms with E-state index in [0.29, 0.717) is 37.2 Å². The molecule has 64 heavy (non-hydrogen) atoms. The molecule has 2 aliphatic heterocycles. The number of carbonyl (C=O) groups is 6. The SMILES string of the molecule is CCOP(C)(=O)OCCCCCC(=O)C1C(C(=O)Nc2nc3ncc(CNc4ccc(C(=O)N[C@H](CCC(=O)O)C(=O)O)cc4)nc3c(=O)[nH]2)[C@H]2C=CC(=O)[C@@H]1N2Cc1ccccc1. The van der Waals surface area contributed by atoms with Gasteiger partial charge in [0.15, 0.2) is 16.9 Å². The number of nitrogens with zero attached hydrogens (tertiary/aromatic N) is 4. The third-order valence-corrected chi connectivity index (χ3v) is 12.2. The van der Waals surface area contributed by atoms with Crippen LogP contribution in [0.3, 0.4) is 0 Å². The van der Waals surface area contributed by atoms with E-state index in [1.54, 1.807) is 25.1 Å². The molecular weight excluding hydrogens is 851 g/mol. The number of fused-ring (bicyclic) bond motifs is 3. The van der Waals surface area contributed by atoms with Crippen LogP contribution in [0.15, 0.2) is 77.7 Å². The maximum atomic E-state index is 14.3. The molecule has 3 unspecified atom stereocenters. The second kappa shape index (κ2) is 21.3. The Hall–Kier alpha value is -6.47. The fraction of sp³-hybridized carbons (Fsp3) is 0.395. The number of carbonyl (C=O) groups excluding carboxylic acids is 4. The Kier molecular flexibility index (Phi) is 15.6. The van der Waals surface area contributed by atoms with Crippen molar-refractivity contribution in [3.8, 4) is 0 Å². The van der Waals surface area contributed by atoms with Crippen molar-refractivity contribution in [2.75, 3.05) is 30.5 Å². The minimum absolute atomic E-state index is 0.0654. The predicted molar refractivity (Wildman–Crippen MR) is 231 cm³/mol. The fourth-order valence-electron chi connectivity index (χ4n) is 7.81. The van der Waals surface area contributed by atoms with Crippen LogP contribution in [0, 0.1) is 11.8 Å². The summed E-state index contributed by atoms with van der Waals surface area (Å²) < 4.78 is 22.8. The van der Waals surface area contributed by atoms with Gasteiger partial charge in [-0.05, 0) is 62.1 Å². The number of carboxylic acid groups (broad SMARTS) is 2. The van der Waals surface area contributed by atoms with Gasteiger partial charge in [-0.1, -0.05) is 42.8 Å². The highest BCUT2D eigenvalue weighted by molar-refractivity contribution is 7.52. The van der Waals surface area contributed by atoms with Gasteiger partial charge in [0.2, 0.25) is 11.9 Å². The molecule has 1 saturated heterocycles. The van der Waals surface area contributed by atoms with Crippen molar-refractivity contribution in [2.24, 2.45) is 11.8 Å². The number of amides is 2. The van der Waals surface area contributed by atoms with Crippen LogP contribution in [0.5, 0.6) is 0 Å². The summed E-state index contributed by atoms with van der Waals surface area (Å²) in [5.41, 5.74) is 1.06. The van der Waals surface area contributed by atoms with E-state index in [9.17, 15) is 43.2 Å². The molecule has 0 spiro atoms. The average molecular weight is 901 g/mol. The first-order valence-corrected chi connectivity index (χ1v) is 22.7. The molecule has 4 aromatic rings. The number of anilines is 2. The van der Waals surface area contributed by atoms with Crippen molar-refractivity contribution >= 4 is 65.7 Å². The lowest BCUT2D eigenvalue weighted by molar-refractivity contribution is -0.140. The van der Waals surface area contributed by atoms with Gasteiger partial charge in [0.05, 0.1) is 49.5 Å². The van der Waals surface area contributed by atoms with Crippen LogP contribution in [0.4, 0.5) is 11.6 Å². The fourth-order valence-corrected chi connectivity index (χ4v) is 8.81. The summed E-state index contributed by atoms with van der Waals surface area (Å²) in [7, 11) is -3.15. The Labute approximate surface area is 366 Å². The number of hydrogen-bond acceptors (Lipinski definition) is 15. The first kappa shape index (κ1) is 47.0. The van der Waals surface area contributed by atoms with Crippen LogP contribution in [0.2, 0.25) is 0 Å². The third-order valence-electron chi connectivity index (χ3n) is 10.8. The molecule has 2 aromatic heterocycles. The number of nitrogens with one attached hydrogen (secondary N) is 4. The topological polar surface area (TPSA) is 289 Å². The molecule has 6 rings (SSSR count). The quantitative estimate of drug-likeness (QED) is 0.0454. The minimum atomic E-state index is -3.15. The highest BCUT2D eigenvalue weighted by Gasteiger charge is 2.57. The number of rotatable bonds is 23. The first-order chi connectivity index (χ1) is 30.6. The zero-order chi connectivity index (χ0) is 46.0. The molecule has 0 aliphatic carbocycles. The van der Waals surface area contributed by atoms with Crippen LogP contribution in [0.1, 0.15) is 67.1 Å². The van der Waals surface area contributed by atoms with Gasteiger partial charge in [-0.3, -0.25) is 48.5 Å². The molecule has 1 fully saturated rings. The van der Waals surface area contributed by atoms with E-state index in [1.807, 2.05) is 35.2 Å². The molecule has 2 bridgehead atoms. The lowest BCUT2D eigenvalue weighted by Crippen LogP contribution is -2.45. The van der Waals surface area contributed by atoms with Gasteiger partial charge in [-0.15, -0.1) is 0 Å². The van der Waals surface area contributed by atoms with Gasteiger partial charge in [0.1, 0.15) is 11.8 Å². The van der Waals surface area contributed by atoms with Gasteiger partial charge in [-0.2, -0.15) is 4.98 Å². The number of unbranched alkanes of at least 4 members (excludes halogenated alkanes) is 2. The Bertz CT molecular complexity index is 2520. The molecule has 2 amide bonds. The molecule has 6 N–H and O–H groups in total. The number of H-pyrrole nitrogens is 1. The molecule has 0 radical (unpaired) electrons. The van der Waals surface area contributed by atoms with E-state index >= 15 is 0 Å². The summed E-state index contributed by atoms with van der Waals surface area (Å²) in [6.45, 7) is 3.97. The van der Waals surface area contributed by atoms with Crippen molar-refractivity contribution < 1.29 is 52.6 Å². The summed E-state index contributed by atoms with van der Waals surface area (Å²) >= 11 is 0. The van der Waals surface area contributed by atoms with Crippen molar-refractivity contribution in [1.29, 1.82) is 0 Å². The van der Waals surface area contributed by atoms with E-state index in [0.717, 1.165) is 5.56 Å². The van der Waals surface area contributed by atoms with Gasteiger partial charge in [0.25, 0.3) is 11.5 Å². The Morgan fingerprint density at radius 3 is 2.39 bits per heavy atom. The highest BCUT2D eigenvalue weighted by Crippen LogP contribution is 2.44. The van der Waals surface area contributed by atoms with Crippen LogP contribution in [0.25, 0.3) is 11.2 Å². The molecule has 338 valence electrons. The highest BCUT2D eigenvalue weighted by atomic mass is 31.2. The zero-order valence-electron chi connectivity index (χ0n) is 35.1. The third kappa shape index (κ3) is 12.0. The maximum absolute atomic E-state index is 14.3. The number of aromatic amines is 1. The second-order valence-corrected chi connectivity index (χ2v) is 17.4. The second-order valence-electron chi connectivity index (χ2n) is 15.4. The normalized spacial score (nSPS) is 19.4. The monoisotopic (exact) mass is 900 g/mol. The van der Waals surface area contributed by atoms with E-state index in [1.165, 1.54) is 31.1 Å². The van der Waals surface area contributed by atoms with E-state index in [4.69, 9.17) is 14.2 Å². The average Bonchev–Trinajstić information content (AvgIpc) is 3.49. The number of carboxylic acids is 2. The molecule has 0 saturated carbocycles. The Morgan fingerprint density at radius 1 is 0.938 bits per heavy atom. The molecule has 6 atom stereocenters. The number of aliphatic carboxylic acids is 2. The van der Waals surface area contributed by atoms with Crippen molar-refractivity contribution in [1.82, 2.24) is 30.2 Å².